The lowest BCUT2D eigenvalue weighted by atomic mass is 10.2. The van der Waals surface area contributed by atoms with E-state index in [-0.39, 0.29) is 0 Å². The summed E-state index contributed by atoms with van der Waals surface area (Å²) >= 11 is 0. The molecule has 0 aliphatic rings. The minimum Gasteiger partial charge on any atom is -0.363 e. The third-order valence-corrected chi connectivity index (χ3v) is 5.38. The average Bonchev–Trinajstić information content (AvgIpc) is 2.73. The maximum atomic E-state index is 12.8. The van der Waals surface area contributed by atoms with Crippen molar-refractivity contribution in [2.75, 3.05) is 10.0 Å². The van der Waals surface area contributed by atoms with E-state index < -0.39 is 11.0 Å². The van der Waals surface area contributed by atoms with Crippen LogP contribution in [-0.4, -0.2) is 14.2 Å². The molecule has 1 atom stereocenters. The van der Waals surface area contributed by atoms with Crippen molar-refractivity contribution in [3.05, 3.63) is 90.0 Å². The number of para-hydroxylation sites is 2. The van der Waals surface area contributed by atoms with Crippen LogP contribution in [0.5, 0.6) is 0 Å². The van der Waals surface area contributed by atoms with Gasteiger partial charge in [0.15, 0.2) is 22.6 Å². The van der Waals surface area contributed by atoms with Crippen LogP contribution in [-0.2, 0) is 17.5 Å². The van der Waals surface area contributed by atoms with Gasteiger partial charge in [0.25, 0.3) is 0 Å². The zero-order chi connectivity index (χ0) is 19.3. The van der Waals surface area contributed by atoms with Crippen LogP contribution in [0.2, 0.25) is 0 Å². The number of aromatic nitrogens is 2. The third-order valence-electron chi connectivity index (χ3n) is 4.30. The Morgan fingerprint density at radius 1 is 0.786 bits per heavy atom. The monoisotopic (exact) mass is 388 g/mol. The second kappa shape index (κ2) is 8.19. The summed E-state index contributed by atoms with van der Waals surface area (Å²) in [6.07, 6.45) is 0. The molecule has 0 aliphatic heterocycles. The number of aryl methyl sites for hydroxylation is 1. The molecule has 0 spiro atoms. The highest BCUT2D eigenvalue weighted by atomic mass is 32.2. The molecule has 1 aromatic heterocycles. The van der Waals surface area contributed by atoms with Crippen LogP contribution in [0.3, 0.4) is 0 Å². The van der Waals surface area contributed by atoms with Crippen LogP contribution < -0.4 is 10.0 Å². The predicted octanol–water partition coefficient (Wildman–Crippen LogP) is 4.69. The van der Waals surface area contributed by atoms with E-state index in [0.29, 0.717) is 23.1 Å². The van der Waals surface area contributed by atoms with Gasteiger partial charge in [0.2, 0.25) is 0 Å². The van der Waals surface area contributed by atoms with Gasteiger partial charge in [-0.15, -0.1) is 0 Å². The number of nitrogens with one attached hydrogen (secondary N) is 2. The molecule has 2 N–H and O–H groups in total. The number of benzene rings is 3. The molecule has 4 aromatic rings. The Morgan fingerprint density at radius 3 is 2.07 bits per heavy atom. The number of rotatable bonds is 6. The lowest BCUT2D eigenvalue weighted by Crippen LogP contribution is -2.11. The minimum atomic E-state index is -1.44. The van der Waals surface area contributed by atoms with Gasteiger partial charge in [-0.1, -0.05) is 60.2 Å². The van der Waals surface area contributed by atoms with Crippen LogP contribution in [0.15, 0.2) is 83.8 Å². The van der Waals surface area contributed by atoms with Crippen LogP contribution in [0.4, 0.5) is 11.6 Å². The minimum absolute atomic E-state index is 0.466. The fourth-order valence-electron chi connectivity index (χ4n) is 2.78. The molecule has 0 saturated carbocycles. The molecule has 0 aliphatic carbocycles. The molecule has 1 unspecified atom stereocenters. The zero-order valence-electron chi connectivity index (χ0n) is 15.4. The van der Waals surface area contributed by atoms with E-state index in [0.717, 1.165) is 22.2 Å². The molecule has 0 fully saturated rings. The number of fused-ring (bicyclic) bond motifs is 1. The van der Waals surface area contributed by atoms with Gasteiger partial charge in [-0.2, -0.15) is 0 Å². The normalized spacial score (nSPS) is 11.9. The molecule has 5 nitrogen and oxygen atoms in total. The first-order chi connectivity index (χ1) is 13.7. The maximum absolute atomic E-state index is 12.8. The molecule has 0 amide bonds. The van der Waals surface area contributed by atoms with Gasteiger partial charge >= 0.3 is 0 Å². The van der Waals surface area contributed by atoms with Crippen molar-refractivity contribution in [3.8, 4) is 0 Å². The molecule has 0 radical (unpaired) electrons. The number of hydrogen-bond donors (Lipinski definition) is 2. The molecule has 0 bridgehead atoms. The highest BCUT2D eigenvalue weighted by Gasteiger charge is 2.12. The Morgan fingerprint density at radius 2 is 1.39 bits per heavy atom. The van der Waals surface area contributed by atoms with Crippen LogP contribution in [0.25, 0.3) is 11.0 Å². The fraction of sp³-hybridized carbons (Fsp3) is 0.0909. The van der Waals surface area contributed by atoms with Gasteiger partial charge in [-0.05, 0) is 36.8 Å². The number of hydrogen-bond acceptors (Lipinski definition) is 4. The molecule has 28 heavy (non-hydrogen) atoms. The first-order valence-electron chi connectivity index (χ1n) is 8.99. The fourth-order valence-corrected chi connectivity index (χ4v) is 3.60. The van der Waals surface area contributed by atoms with Crippen LogP contribution in [0.1, 0.15) is 11.1 Å². The summed E-state index contributed by atoms with van der Waals surface area (Å²) in [5.74, 6) is 1.04. The second-order valence-corrected chi connectivity index (χ2v) is 7.65. The van der Waals surface area contributed by atoms with Gasteiger partial charge < -0.3 is 5.32 Å². The summed E-state index contributed by atoms with van der Waals surface area (Å²) in [5.41, 5.74) is 3.78. The second-order valence-electron chi connectivity index (χ2n) is 6.43. The highest BCUT2D eigenvalue weighted by molar-refractivity contribution is 7.86. The summed E-state index contributed by atoms with van der Waals surface area (Å²) < 4.78 is 15.8. The molecule has 6 heteroatoms. The summed E-state index contributed by atoms with van der Waals surface area (Å²) in [5, 5.41) is 3.32. The van der Waals surface area contributed by atoms with Crippen molar-refractivity contribution in [2.24, 2.45) is 0 Å². The van der Waals surface area contributed by atoms with Crippen molar-refractivity contribution < 1.29 is 4.21 Å². The van der Waals surface area contributed by atoms with E-state index in [2.05, 4.69) is 20.0 Å². The third kappa shape index (κ3) is 4.18. The predicted molar refractivity (Wildman–Crippen MR) is 115 cm³/mol. The van der Waals surface area contributed by atoms with Crippen molar-refractivity contribution in [1.29, 1.82) is 0 Å². The molecular formula is C22H20N4OS. The first-order valence-corrected chi connectivity index (χ1v) is 10.1. The number of nitrogens with zero attached hydrogens (tertiary/aromatic N) is 2. The van der Waals surface area contributed by atoms with E-state index in [9.17, 15) is 4.21 Å². The average molecular weight is 388 g/mol. The summed E-state index contributed by atoms with van der Waals surface area (Å²) in [7, 11) is -1.44. The lowest BCUT2D eigenvalue weighted by Gasteiger charge is -2.13. The largest absolute Gasteiger partial charge is 0.363 e. The first kappa shape index (κ1) is 18.1. The lowest BCUT2D eigenvalue weighted by molar-refractivity contribution is 0.686. The molecular weight excluding hydrogens is 368 g/mol. The smallest absolute Gasteiger partial charge is 0.181 e. The van der Waals surface area contributed by atoms with Crippen molar-refractivity contribution >= 4 is 33.7 Å². The van der Waals surface area contributed by atoms with E-state index in [1.54, 1.807) is 0 Å². The van der Waals surface area contributed by atoms with Crippen molar-refractivity contribution in [1.82, 2.24) is 9.97 Å². The van der Waals surface area contributed by atoms with Gasteiger partial charge in [0, 0.05) is 6.54 Å². The van der Waals surface area contributed by atoms with Gasteiger partial charge in [-0.3, -0.25) is 4.72 Å². The highest BCUT2D eigenvalue weighted by Crippen LogP contribution is 2.23. The van der Waals surface area contributed by atoms with Crippen LogP contribution in [0, 0.1) is 6.92 Å². The molecule has 140 valence electrons. The summed E-state index contributed by atoms with van der Waals surface area (Å²) in [6.45, 7) is 2.60. The SMILES string of the molecule is Cc1ccc(S(=O)Nc2nc3ccccc3nc2NCc2ccccc2)cc1. The van der Waals surface area contributed by atoms with Gasteiger partial charge in [0.05, 0.1) is 15.9 Å². The Balaban J connectivity index is 1.64. The maximum Gasteiger partial charge on any atom is 0.181 e. The Labute approximate surface area is 166 Å². The number of anilines is 2. The topological polar surface area (TPSA) is 66.9 Å². The molecule has 1 heterocycles. The van der Waals surface area contributed by atoms with E-state index >= 15 is 0 Å². The Bertz CT molecular complexity index is 1110. The van der Waals surface area contributed by atoms with E-state index in [1.807, 2.05) is 85.8 Å². The molecule has 0 saturated heterocycles. The standard InChI is InChI=1S/C22H20N4OS/c1-16-11-13-18(14-12-16)28(27)26-22-21(23-15-17-7-3-2-4-8-17)24-19-9-5-6-10-20(19)25-22/h2-14H,15H2,1H3,(H,23,24)(H,25,26). The van der Waals surface area contributed by atoms with E-state index in [1.165, 1.54) is 0 Å². The summed E-state index contributed by atoms with van der Waals surface area (Å²) in [6, 6.07) is 25.3. The van der Waals surface area contributed by atoms with Gasteiger partial charge in [0.1, 0.15) is 0 Å². The Kier molecular flexibility index (Phi) is 5.30. The zero-order valence-corrected chi connectivity index (χ0v) is 16.2. The molecule has 3 aromatic carbocycles. The molecule has 4 rings (SSSR count). The van der Waals surface area contributed by atoms with E-state index in [4.69, 9.17) is 0 Å². The van der Waals surface area contributed by atoms with Gasteiger partial charge in [-0.25, -0.2) is 14.2 Å². The van der Waals surface area contributed by atoms with Crippen molar-refractivity contribution in [3.63, 3.8) is 0 Å². The summed E-state index contributed by atoms with van der Waals surface area (Å²) in [4.78, 5) is 10.0. The quantitative estimate of drug-likeness (QED) is 0.503. The van der Waals surface area contributed by atoms with Crippen LogP contribution >= 0.6 is 0 Å². The van der Waals surface area contributed by atoms with Crippen molar-refractivity contribution in [2.45, 2.75) is 18.4 Å². The Hall–Kier alpha value is -3.25.